The molecule has 1 amide bonds. The van der Waals surface area contributed by atoms with Crippen LogP contribution in [0.3, 0.4) is 0 Å². The Kier molecular flexibility index (Phi) is 4.62. The molecule has 1 saturated carbocycles. The van der Waals surface area contributed by atoms with Crippen LogP contribution in [0.15, 0.2) is 24.3 Å². The minimum absolute atomic E-state index is 0.235. The van der Waals surface area contributed by atoms with E-state index >= 15 is 0 Å². The highest BCUT2D eigenvalue weighted by molar-refractivity contribution is 6.30. The van der Waals surface area contributed by atoms with Gasteiger partial charge in [0.2, 0.25) is 5.91 Å². The van der Waals surface area contributed by atoms with Gasteiger partial charge in [-0.2, -0.15) is 0 Å². The van der Waals surface area contributed by atoms with Crippen LogP contribution in [-0.4, -0.2) is 30.6 Å². The first-order valence-electron chi connectivity index (χ1n) is 6.31. The highest BCUT2D eigenvalue weighted by Crippen LogP contribution is 2.38. The zero-order chi connectivity index (χ0) is 14.7. The van der Waals surface area contributed by atoms with Crippen LogP contribution in [-0.2, 0) is 14.3 Å². The molecule has 0 spiro atoms. The van der Waals surface area contributed by atoms with Gasteiger partial charge in [-0.3, -0.25) is 9.59 Å². The predicted molar refractivity (Wildman–Crippen MR) is 73.4 cm³/mol. The first-order valence-corrected chi connectivity index (χ1v) is 6.69. The van der Waals surface area contributed by atoms with E-state index in [1.165, 1.54) is 0 Å². The summed E-state index contributed by atoms with van der Waals surface area (Å²) in [6, 6.07) is 7.22. The van der Waals surface area contributed by atoms with Crippen molar-refractivity contribution in [2.75, 3.05) is 13.7 Å². The molecule has 0 radical (unpaired) electrons. The van der Waals surface area contributed by atoms with Crippen molar-refractivity contribution in [3.05, 3.63) is 34.9 Å². The lowest BCUT2D eigenvalue weighted by Crippen LogP contribution is -2.31. The summed E-state index contributed by atoms with van der Waals surface area (Å²) in [5.74, 6) is -2.10. The van der Waals surface area contributed by atoms with E-state index in [0.29, 0.717) is 18.0 Å². The highest BCUT2D eigenvalue weighted by Gasteiger charge is 2.48. The standard InChI is InChI=1S/C14H16ClNO4/c1-20-12(8-3-2-4-9(15)5-8)7-16-13(17)10-6-11(10)14(18)19/h2-5,10-12H,6-7H2,1H3,(H,16,17)(H,18,19)/t10-,11-,12+/m0/s1. The molecule has 6 heteroatoms. The highest BCUT2D eigenvalue weighted by atomic mass is 35.5. The molecule has 0 aliphatic heterocycles. The van der Waals surface area contributed by atoms with Crippen LogP contribution in [0.1, 0.15) is 18.1 Å². The maximum absolute atomic E-state index is 11.8. The first kappa shape index (κ1) is 14.8. The molecule has 0 bridgehead atoms. The van der Waals surface area contributed by atoms with Gasteiger partial charge >= 0.3 is 5.97 Å². The second kappa shape index (κ2) is 6.24. The minimum atomic E-state index is -0.914. The van der Waals surface area contributed by atoms with Crippen LogP contribution in [0.2, 0.25) is 5.02 Å². The summed E-state index contributed by atoms with van der Waals surface area (Å²) >= 11 is 5.91. The summed E-state index contributed by atoms with van der Waals surface area (Å²) in [4.78, 5) is 22.5. The second-order valence-corrected chi connectivity index (χ2v) is 5.25. The average Bonchev–Trinajstić information content (AvgIpc) is 3.19. The maximum Gasteiger partial charge on any atom is 0.307 e. The molecule has 1 fully saturated rings. The number of halogens is 1. The number of carbonyl (C=O) groups excluding carboxylic acids is 1. The van der Waals surface area contributed by atoms with E-state index in [1.807, 2.05) is 12.1 Å². The lowest BCUT2D eigenvalue weighted by Gasteiger charge is -2.16. The number of aliphatic carboxylic acids is 1. The predicted octanol–water partition coefficient (Wildman–Crippen LogP) is 1.86. The molecule has 1 aromatic rings. The Labute approximate surface area is 121 Å². The van der Waals surface area contributed by atoms with Crippen molar-refractivity contribution in [3.63, 3.8) is 0 Å². The number of amides is 1. The molecule has 1 aliphatic carbocycles. The van der Waals surface area contributed by atoms with Gasteiger partial charge in [-0.15, -0.1) is 0 Å². The summed E-state index contributed by atoms with van der Waals surface area (Å²) in [6.45, 7) is 0.290. The SMILES string of the molecule is CO[C@H](CNC(=O)[C@H]1C[C@@H]1C(=O)O)c1cccc(Cl)c1. The molecule has 0 saturated heterocycles. The molecular formula is C14H16ClNO4. The number of carboxylic acids is 1. The van der Waals surface area contributed by atoms with Gasteiger partial charge in [0.25, 0.3) is 0 Å². The number of carboxylic acid groups (broad SMARTS) is 1. The quantitative estimate of drug-likeness (QED) is 0.840. The number of methoxy groups -OCH3 is 1. The molecule has 2 N–H and O–H groups in total. The van der Waals surface area contributed by atoms with E-state index in [0.717, 1.165) is 5.56 Å². The van der Waals surface area contributed by atoms with Gasteiger partial charge in [0.15, 0.2) is 0 Å². The topological polar surface area (TPSA) is 75.6 Å². The molecule has 2 rings (SSSR count). The molecule has 0 heterocycles. The Hall–Kier alpha value is -1.59. The van der Waals surface area contributed by atoms with Crippen LogP contribution in [0, 0.1) is 11.8 Å². The van der Waals surface area contributed by atoms with Gasteiger partial charge < -0.3 is 15.2 Å². The Bertz CT molecular complexity index is 520. The monoisotopic (exact) mass is 297 g/mol. The number of benzene rings is 1. The van der Waals surface area contributed by atoms with Crippen molar-refractivity contribution in [2.45, 2.75) is 12.5 Å². The molecule has 3 atom stereocenters. The molecule has 0 aromatic heterocycles. The number of nitrogens with one attached hydrogen (secondary N) is 1. The van der Waals surface area contributed by atoms with E-state index in [9.17, 15) is 9.59 Å². The fourth-order valence-corrected chi connectivity index (χ4v) is 2.32. The van der Waals surface area contributed by atoms with Crippen LogP contribution in [0.25, 0.3) is 0 Å². The van der Waals surface area contributed by atoms with Crippen molar-refractivity contribution < 1.29 is 19.4 Å². The molecule has 1 aliphatic rings. The van der Waals surface area contributed by atoms with Crippen LogP contribution < -0.4 is 5.32 Å². The molecule has 20 heavy (non-hydrogen) atoms. The Morgan fingerprint density at radius 2 is 2.25 bits per heavy atom. The van der Waals surface area contributed by atoms with Gasteiger partial charge in [-0.05, 0) is 24.1 Å². The van der Waals surface area contributed by atoms with Crippen molar-refractivity contribution in [3.8, 4) is 0 Å². The van der Waals surface area contributed by atoms with Gasteiger partial charge in [0.05, 0.1) is 17.9 Å². The summed E-state index contributed by atoms with van der Waals surface area (Å²) in [6.07, 6.45) is 0.107. The average molecular weight is 298 g/mol. The normalized spacial score (nSPS) is 22.1. The Morgan fingerprint density at radius 1 is 1.50 bits per heavy atom. The van der Waals surface area contributed by atoms with E-state index in [4.69, 9.17) is 21.4 Å². The van der Waals surface area contributed by atoms with Gasteiger partial charge in [-0.1, -0.05) is 23.7 Å². The zero-order valence-corrected chi connectivity index (χ0v) is 11.8. The molecule has 108 valence electrons. The fraction of sp³-hybridized carbons (Fsp3) is 0.429. The summed E-state index contributed by atoms with van der Waals surface area (Å²) in [5.41, 5.74) is 0.867. The third-order valence-corrected chi connectivity index (χ3v) is 3.65. The van der Waals surface area contributed by atoms with E-state index in [2.05, 4.69) is 5.32 Å². The van der Waals surface area contributed by atoms with Gasteiger partial charge in [0.1, 0.15) is 0 Å². The Morgan fingerprint density at radius 3 is 2.80 bits per heavy atom. The number of hydrogen-bond donors (Lipinski definition) is 2. The smallest absolute Gasteiger partial charge is 0.307 e. The summed E-state index contributed by atoms with van der Waals surface area (Å²) < 4.78 is 5.33. The maximum atomic E-state index is 11.8. The summed E-state index contributed by atoms with van der Waals surface area (Å²) in [7, 11) is 1.55. The van der Waals surface area contributed by atoms with E-state index < -0.39 is 17.8 Å². The number of hydrogen-bond acceptors (Lipinski definition) is 3. The van der Waals surface area contributed by atoms with Crippen LogP contribution in [0.5, 0.6) is 0 Å². The third-order valence-electron chi connectivity index (χ3n) is 3.41. The second-order valence-electron chi connectivity index (χ2n) is 4.81. The first-order chi connectivity index (χ1) is 9.52. The van der Waals surface area contributed by atoms with Gasteiger partial charge in [0, 0.05) is 18.7 Å². The molecule has 5 nitrogen and oxygen atoms in total. The third kappa shape index (κ3) is 3.49. The van der Waals surface area contributed by atoms with Gasteiger partial charge in [-0.25, -0.2) is 0 Å². The van der Waals surface area contributed by atoms with E-state index in [-0.39, 0.29) is 12.0 Å². The van der Waals surface area contributed by atoms with Crippen LogP contribution in [0.4, 0.5) is 0 Å². The Balaban J connectivity index is 1.89. The minimum Gasteiger partial charge on any atom is -0.481 e. The molecular weight excluding hydrogens is 282 g/mol. The largest absolute Gasteiger partial charge is 0.481 e. The lowest BCUT2D eigenvalue weighted by molar-refractivity contribution is -0.140. The number of ether oxygens (including phenoxy) is 1. The molecule has 1 aromatic carbocycles. The molecule has 0 unspecified atom stereocenters. The lowest BCUT2D eigenvalue weighted by atomic mass is 10.1. The number of rotatable bonds is 6. The van der Waals surface area contributed by atoms with Crippen LogP contribution >= 0.6 is 11.6 Å². The zero-order valence-electron chi connectivity index (χ0n) is 11.0. The van der Waals surface area contributed by atoms with Crippen molar-refractivity contribution in [2.24, 2.45) is 11.8 Å². The number of carbonyl (C=O) groups is 2. The van der Waals surface area contributed by atoms with Crippen molar-refractivity contribution >= 4 is 23.5 Å². The fourth-order valence-electron chi connectivity index (χ4n) is 2.13. The van der Waals surface area contributed by atoms with E-state index in [1.54, 1.807) is 19.2 Å². The van der Waals surface area contributed by atoms with Crippen molar-refractivity contribution in [1.82, 2.24) is 5.32 Å². The summed E-state index contributed by atoms with van der Waals surface area (Å²) in [5, 5.41) is 12.1. The van der Waals surface area contributed by atoms with Crippen molar-refractivity contribution in [1.29, 1.82) is 0 Å².